The summed E-state index contributed by atoms with van der Waals surface area (Å²) < 4.78 is 73.9. The molecule has 0 heterocycles. The van der Waals surface area contributed by atoms with Crippen molar-refractivity contribution in [1.82, 2.24) is 0 Å². The Balaban J connectivity index is -0.000000243. The van der Waals surface area contributed by atoms with E-state index < -0.39 is 44.2 Å². The first kappa shape index (κ1) is 130. The van der Waals surface area contributed by atoms with Gasteiger partial charge in [-0.1, -0.05) is 474 Å². The minimum Gasteiger partial charge on any atom is -0.799 e. The molecule has 696 valence electrons. The molecule has 12 unspecified atom stereocenters. The molecule has 0 aromatic rings. The van der Waals surface area contributed by atoms with Gasteiger partial charge in [0.15, 0.2) is 0 Å². The smallest absolute Gasteiger partial charge is 0.799 e. The largest absolute Gasteiger partial charge is 6.00 e. The van der Waals surface area contributed by atoms with Crippen molar-refractivity contribution in [2.75, 3.05) is 73.9 Å². The maximum absolute atomic E-state index is 12.3. The number of hydrogen-bond donors (Lipinski definition) is 0. The molecule has 0 saturated carbocycles. The summed E-state index contributed by atoms with van der Waals surface area (Å²) in [4.78, 5) is 73.9. The van der Waals surface area contributed by atoms with E-state index in [0.29, 0.717) is 145 Å². The van der Waals surface area contributed by atoms with E-state index >= 15 is 0 Å². The van der Waals surface area contributed by atoms with Crippen molar-refractivity contribution in [2.45, 2.75) is 474 Å². The molecule has 0 aliphatic heterocycles. The zero-order chi connectivity index (χ0) is 88.4. The minimum absolute atomic E-state index is 0. The van der Waals surface area contributed by atoms with Gasteiger partial charge in [-0.2, -0.15) is 0 Å². The first-order chi connectivity index (χ1) is 53.9. The van der Waals surface area contributed by atoms with E-state index in [2.05, 4.69) is 166 Å². The molecule has 0 radical (unpaired) electrons. The van der Waals surface area contributed by atoms with Gasteiger partial charge in [-0.15, -0.1) is 0 Å². The Morgan fingerprint density at radius 2 is 0.209 bits per heavy atom. The van der Waals surface area contributed by atoms with Gasteiger partial charge in [-0.3, -0.25) is 0 Å². The Bertz CT molecular complexity index is 1800. The van der Waals surface area contributed by atoms with Crippen LogP contribution < -0.4 is 29.4 Å². The van der Waals surface area contributed by atoms with E-state index in [1.54, 1.807) is 0 Å². The van der Waals surface area contributed by atoms with Crippen molar-refractivity contribution in [3.05, 3.63) is 0 Å². The van der Waals surface area contributed by atoms with E-state index in [0.717, 1.165) is 308 Å². The van der Waals surface area contributed by atoms with Crippen molar-refractivity contribution in [2.24, 2.45) is 71.0 Å². The average Bonchev–Trinajstić information content (AvgIpc) is 0.921. The van der Waals surface area contributed by atoms with Gasteiger partial charge in [-0.25, -0.2) is 0 Å². The van der Waals surface area contributed by atoms with Gasteiger partial charge in [-0.05, 0) is 145 Å². The molecule has 0 aromatic heterocycles. The fourth-order valence-electron chi connectivity index (χ4n) is 16.2. The van der Waals surface area contributed by atoms with Crippen LogP contribution in [0.25, 0.3) is 0 Å². The first-order valence-electron chi connectivity index (χ1n) is 49.7. The third-order valence-corrected chi connectivity index (χ3v) is 37.8. The molecule has 0 bridgehead atoms. The summed E-state index contributed by atoms with van der Waals surface area (Å²) >= 11 is 0. The van der Waals surface area contributed by atoms with Crippen LogP contribution in [-0.4, -0.2) is 73.9 Å². The van der Waals surface area contributed by atoms with Crippen molar-refractivity contribution < 1.29 is 77.8 Å². The van der Waals surface area contributed by atoms with Gasteiger partial charge in [0, 0.05) is 44.2 Å². The third kappa shape index (κ3) is 83.8. The zero-order valence-corrected chi connectivity index (χ0v) is 88.7. The summed E-state index contributed by atoms with van der Waals surface area (Å²) in [7, 11) is -19.0. The van der Waals surface area contributed by atoms with Crippen LogP contribution in [0.4, 0.5) is 0 Å². The van der Waals surface area contributed by atoms with Gasteiger partial charge >= 0.3 is 21.1 Å². The number of unbranched alkanes of at least 4 members (excludes halogenated alkanes) is 12. The zero-order valence-electron chi connectivity index (χ0n) is 81.3. The molecular formula is C96H204MoO12P6. The SMILES string of the molecule is CCCCC(CC)CP(=O)([O-])CC(CC)CCCC.CCCCC(CC)CP(=O)([O-])CC(CC)CCCC.CCCCC(CC)CP(=O)([O-])CC(CC)CCCC.CCCCC(CC)CP(=O)([O-])CC(CC)CCCC.CCCCC(CC)CP(=O)([O-])CC(CC)CCCC.CCCCC(CC)CP(=O)([O-])CC(CC)CCCC.[Mo+6]. The van der Waals surface area contributed by atoms with E-state index in [4.69, 9.17) is 0 Å². The predicted octanol–water partition coefficient (Wildman–Crippen LogP) is 30.3. The van der Waals surface area contributed by atoms with Crippen molar-refractivity contribution in [3.63, 3.8) is 0 Å². The Kier molecular flexibility index (Phi) is 96.4. The quantitative estimate of drug-likeness (QED) is 0.0408. The maximum Gasteiger partial charge on any atom is 6.00 e. The van der Waals surface area contributed by atoms with Crippen LogP contribution in [-0.2, 0) is 48.5 Å². The fraction of sp³-hybridized carbons (Fsp3) is 1.00. The molecule has 0 N–H and O–H groups in total. The summed E-state index contributed by atoms with van der Waals surface area (Å²) in [6.07, 6.45) is 57.9. The summed E-state index contributed by atoms with van der Waals surface area (Å²) in [6, 6.07) is 0. The average molecular weight is 1830 g/mol. The van der Waals surface area contributed by atoms with E-state index in [-0.39, 0.29) is 21.1 Å². The van der Waals surface area contributed by atoms with Gasteiger partial charge in [0.1, 0.15) is 0 Å². The Hall–Kier alpha value is 1.83. The molecule has 12 nitrogen and oxygen atoms in total. The molecule has 19 heteroatoms. The Morgan fingerprint density at radius 3 is 0.252 bits per heavy atom. The second-order valence-electron chi connectivity index (χ2n) is 36.1. The normalized spacial score (nSPS) is 17.8. The molecule has 115 heavy (non-hydrogen) atoms. The minimum atomic E-state index is -3.17. The van der Waals surface area contributed by atoms with Crippen LogP contribution in [0.5, 0.6) is 0 Å². The topological polar surface area (TPSA) is 241 Å². The first-order valence-corrected chi connectivity index (χ1v) is 61.6. The van der Waals surface area contributed by atoms with Gasteiger partial charge in [0.05, 0.1) is 0 Å². The third-order valence-electron chi connectivity index (χ3n) is 25.0. The molecule has 0 aliphatic rings. The monoisotopic (exact) mass is 1830 g/mol. The Morgan fingerprint density at radius 1 is 0.148 bits per heavy atom. The van der Waals surface area contributed by atoms with Gasteiger partial charge in [0.2, 0.25) is 0 Å². The summed E-state index contributed by atoms with van der Waals surface area (Å²) in [5.74, 6) is 4.58. The maximum atomic E-state index is 12.3. The summed E-state index contributed by atoms with van der Waals surface area (Å²) in [5.41, 5.74) is 0. The standard InChI is InChI=1S/6C16H35O2P.Mo/c6*1-5-9-11-15(7-3)13-19(17,18)14-16(8-4)12-10-6-2;/h6*15-16H,5-14H2,1-4H3,(H,17,18);/q;;;;;;+6/p-6. The van der Waals surface area contributed by atoms with Gasteiger partial charge in [0.25, 0.3) is 0 Å². The fourth-order valence-corrected chi connectivity index (χ4v) is 31.8. The molecule has 0 aromatic carbocycles. The van der Waals surface area contributed by atoms with E-state index in [1.165, 1.54) is 0 Å². The van der Waals surface area contributed by atoms with Crippen LogP contribution >= 0.6 is 44.2 Å². The summed E-state index contributed by atoms with van der Waals surface area (Å²) in [6.45, 7) is 51.5. The molecular weight excluding hydrogens is 1630 g/mol. The molecule has 0 rings (SSSR count). The van der Waals surface area contributed by atoms with Gasteiger partial charge < -0.3 is 56.8 Å². The predicted molar refractivity (Wildman–Crippen MR) is 504 cm³/mol. The number of rotatable bonds is 72. The molecule has 0 aliphatic carbocycles. The molecule has 0 saturated heterocycles. The molecule has 0 fully saturated rings. The Labute approximate surface area is 736 Å². The second-order valence-corrected chi connectivity index (χ2v) is 50.2. The molecule has 0 spiro atoms. The summed E-state index contributed by atoms with van der Waals surface area (Å²) in [5, 5.41) is 0. The van der Waals surface area contributed by atoms with Crippen LogP contribution in [0, 0.1) is 71.0 Å². The van der Waals surface area contributed by atoms with Crippen LogP contribution in [0.3, 0.4) is 0 Å². The van der Waals surface area contributed by atoms with E-state index in [1.807, 2.05) is 0 Å². The molecule has 0 amide bonds. The van der Waals surface area contributed by atoms with E-state index in [9.17, 15) is 56.8 Å². The van der Waals surface area contributed by atoms with Crippen LogP contribution in [0.15, 0.2) is 0 Å². The van der Waals surface area contributed by atoms with Crippen LogP contribution in [0.1, 0.15) is 474 Å². The van der Waals surface area contributed by atoms with Crippen molar-refractivity contribution in [1.29, 1.82) is 0 Å². The van der Waals surface area contributed by atoms with Crippen molar-refractivity contribution in [3.8, 4) is 0 Å². The second kappa shape index (κ2) is 85.3. The number of hydrogen-bond acceptors (Lipinski definition) is 12. The van der Waals surface area contributed by atoms with Crippen LogP contribution in [0.2, 0.25) is 0 Å². The molecule has 12 atom stereocenters. The van der Waals surface area contributed by atoms with Crippen molar-refractivity contribution >= 4 is 44.2 Å².